The third-order valence-corrected chi connectivity index (χ3v) is 2.69. The Morgan fingerprint density at radius 3 is 2.40 bits per heavy atom. The topological polar surface area (TPSA) is 59.0 Å². The van der Waals surface area contributed by atoms with Crippen molar-refractivity contribution in [1.29, 1.82) is 0 Å². The van der Waals surface area contributed by atoms with Crippen LogP contribution in [-0.4, -0.2) is 35.0 Å². The number of aromatic nitrogens is 2. The lowest BCUT2D eigenvalue weighted by molar-refractivity contribution is -0.126. The molecule has 8 heteroatoms. The van der Waals surface area contributed by atoms with Gasteiger partial charge in [0.25, 0.3) is 0 Å². The molecule has 1 heterocycles. The molecule has 1 aromatic heterocycles. The first-order valence-corrected chi connectivity index (χ1v) is 6.25. The summed E-state index contributed by atoms with van der Waals surface area (Å²) in [5.41, 5.74) is 1.97. The summed E-state index contributed by atoms with van der Waals surface area (Å²) in [5, 5.41) is 8.92. The van der Waals surface area contributed by atoms with E-state index >= 15 is 0 Å². The Morgan fingerprint density at radius 2 is 1.95 bits per heavy atom. The van der Waals surface area contributed by atoms with Crippen molar-refractivity contribution >= 4 is 11.6 Å². The summed E-state index contributed by atoms with van der Waals surface area (Å²) in [6, 6.07) is 0.141. The molecule has 0 aliphatic heterocycles. The van der Waals surface area contributed by atoms with Crippen LogP contribution in [0.4, 0.5) is 18.9 Å². The van der Waals surface area contributed by atoms with E-state index in [1.165, 1.54) is 0 Å². The first-order chi connectivity index (χ1) is 9.11. The normalized spacial score (nSPS) is 12.0. The molecule has 0 unspecified atom stereocenters. The van der Waals surface area contributed by atoms with Gasteiger partial charge in [-0.2, -0.15) is 18.3 Å². The molecule has 0 saturated heterocycles. The highest BCUT2D eigenvalue weighted by atomic mass is 19.4. The Morgan fingerprint density at radius 1 is 1.35 bits per heavy atom. The highest BCUT2D eigenvalue weighted by molar-refractivity contribution is 5.93. The van der Waals surface area contributed by atoms with Crippen LogP contribution in [0, 0.1) is 13.8 Å². The molecule has 0 aromatic carbocycles. The smallest absolute Gasteiger partial charge is 0.322 e. The minimum absolute atomic E-state index is 0.141. The van der Waals surface area contributed by atoms with Crippen molar-refractivity contribution in [2.24, 2.45) is 0 Å². The van der Waals surface area contributed by atoms with Crippen molar-refractivity contribution in [2.45, 2.75) is 39.9 Å². The maximum atomic E-state index is 11.9. The summed E-state index contributed by atoms with van der Waals surface area (Å²) < 4.78 is 37.6. The first kappa shape index (κ1) is 16.5. The lowest BCUT2D eigenvalue weighted by Crippen LogP contribution is -2.35. The van der Waals surface area contributed by atoms with Gasteiger partial charge in [-0.1, -0.05) is 0 Å². The second kappa shape index (κ2) is 6.25. The van der Waals surface area contributed by atoms with Gasteiger partial charge in [0.1, 0.15) is 0 Å². The molecule has 0 bridgehead atoms. The number of hydrogen-bond donors (Lipinski definition) is 2. The number of nitrogens with one attached hydrogen (secondary N) is 2. The highest BCUT2D eigenvalue weighted by Crippen LogP contribution is 2.22. The van der Waals surface area contributed by atoms with Crippen LogP contribution >= 0.6 is 0 Å². The number of hydrogen-bond acceptors (Lipinski definition) is 3. The number of nitrogens with zero attached hydrogens (tertiary/aromatic N) is 2. The van der Waals surface area contributed by atoms with E-state index in [9.17, 15) is 18.0 Å². The predicted molar refractivity (Wildman–Crippen MR) is 69.6 cm³/mol. The molecule has 2 N–H and O–H groups in total. The fraction of sp³-hybridized carbons (Fsp3) is 0.667. The van der Waals surface area contributed by atoms with E-state index in [-0.39, 0.29) is 6.04 Å². The summed E-state index contributed by atoms with van der Waals surface area (Å²) >= 11 is 0. The number of rotatable bonds is 5. The van der Waals surface area contributed by atoms with Crippen molar-refractivity contribution in [1.82, 2.24) is 15.1 Å². The van der Waals surface area contributed by atoms with Gasteiger partial charge in [-0.15, -0.1) is 0 Å². The Kier molecular flexibility index (Phi) is 5.15. The second-order valence-corrected chi connectivity index (χ2v) is 4.85. The molecule has 20 heavy (non-hydrogen) atoms. The molecule has 0 fully saturated rings. The van der Waals surface area contributed by atoms with Gasteiger partial charge >= 0.3 is 6.18 Å². The van der Waals surface area contributed by atoms with Crippen LogP contribution in [0.25, 0.3) is 0 Å². The Balaban J connectivity index is 2.63. The lowest BCUT2D eigenvalue weighted by atomic mass is 10.3. The van der Waals surface area contributed by atoms with Crippen molar-refractivity contribution in [3.8, 4) is 0 Å². The van der Waals surface area contributed by atoms with Crippen LogP contribution in [0.2, 0.25) is 0 Å². The van der Waals surface area contributed by atoms with Gasteiger partial charge in [0.05, 0.1) is 30.2 Å². The quantitative estimate of drug-likeness (QED) is 0.874. The second-order valence-electron chi connectivity index (χ2n) is 4.85. The van der Waals surface area contributed by atoms with Crippen molar-refractivity contribution < 1.29 is 18.0 Å². The summed E-state index contributed by atoms with van der Waals surface area (Å²) in [4.78, 5) is 11.6. The van der Waals surface area contributed by atoms with Crippen LogP contribution in [-0.2, 0) is 4.79 Å². The Bertz CT molecular complexity index is 480. The van der Waals surface area contributed by atoms with Gasteiger partial charge in [0.2, 0.25) is 5.91 Å². The zero-order chi connectivity index (χ0) is 15.5. The molecule has 1 aromatic rings. The predicted octanol–water partition coefficient (Wildman–Crippen LogP) is 2.17. The van der Waals surface area contributed by atoms with Crippen LogP contribution in [0.5, 0.6) is 0 Å². The molecular formula is C12H19F3N4O. The highest BCUT2D eigenvalue weighted by Gasteiger charge is 2.26. The van der Waals surface area contributed by atoms with Crippen molar-refractivity contribution in [3.63, 3.8) is 0 Å². The largest absolute Gasteiger partial charge is 0.401 e. The van der Waals surface area contributed by atoms with Gasteiger partial charge in [0, 0.05) is 6.04 Å². The number of alkyl halides is 3. The van der Waals surface area contributed by atoms with Crippen LogP contribution in [0.15, 0.2) is 0 Å². The zero-order valence-electron chi connectivity index (χ0n) is 11.9. The number of aryl methyl sites for hydroxylation is 1. The molecule has 1 rings (SSSR count). The third-order valence-electron chi connectivity index (χ3n) is 2.69. The number of anilines is 1. The van der Waals surface area contributed by atoms with Crippen LogP contribution in [0.1, 0.15) is 31.3 Å². The fourth-order valence-electron chi connectivity index (χ4n) is 1.85. The van der Waals surface area contributed by atoms with E-state index in [2.05, 4.69) is 10.4 Å². The summed E-state index contributed by atoms with van der Waals surface area (Å²) in [6.45, 7) is 5.87. The molecule has 0 atom stereocenters. The van der Waals surface area contributed by atoms with E-state index in [0.717, 1.165) is 5.69 Å². The first-order valence-electron chi connectivity index (χ1n) is 6.25. The molecule has 1 amide bonds. The van der Waals surface area contributed by atoms with E-state index < -0.39 is 25.2 Å². The molecular weight excluding hydrogens is 273 g/mol. The number of carbonyl (C=O) groups excluding carboxylic acids is 1. The average molecular weight is 292 g/mol. The molecule has 0 spiro atoms. The average Bonchev–Trinajstić information content (AvgIpc) is 2.55. The summed E-state index contributed by atoms with van der Waals surface area (Å²) in [5.74, 6) is -0.524. The maximum absolute atomic E-state index is 11.9. The fourth-order valence-corrected chi connectivity index (χ4v) is 1.85. The lowest BCUT2D eigenvalue weighted by Gasteiger charge is -2.10. The monoisotopic (exact) mass is 292 g/mol. The van der Waals surface area contributed by atoms with E-state index in [4.69, 9.17) is 0 Å². The van der Waals surface area contributed by atoms with Crippen LogP contribution < -0.4 is 10.6 Å². The van der Waals surface area contributed by atoms with Crippen LogP contribution in [0.3, 0.4) is 0 Å². The van der Waals surface area contributed by atoms with Gasteiger partial charge in [-0.05, 0) is 27.7 Å². The minimum Gasteiger partial charge on any atom is -0.322 e. The van der Waals surface area contributed by atoms with Crippen molar-refractivity contribution in [3.05, 3.63) is 11.4 Å². The minimum atomic E-state index is -4.32. The van der Waals surface area contributed by atoms with Gasteiger partial charge in [-0.25, -0.2) is 0 Å². The van der Waals surface area contributed by atoms with Gasteiger partial charge in [-0.3, -0.25) is 9.48 Å². The van der Waals surface area contributed by atoms with Gasteiger partial charge in [0.15, 0.2) is 0 Å². The molecule has 0 radical (unpaired) electrons. The molecule has 5 nitrogen and oxygen atoms in total. The standard InChI is InChI=1S/C12H19F3N4O/c1-7(2)19-9(4)11(8(3)18-19)17-10(20)5-16-6-12(13,14)15/h7,16H,5-6H2,1-4H3,(H,17,20). The number of carbonyl (C=O) groups is 1. The van der Waals surface area contributed by atoms with E-state index in [0.29, 0.717) is 11.4 Å². The maximum Gasteiger partial charge on any atom is 0.401 e. The number of halogens is 3. The molecule has 0 aliphatic carbocycles. The van der Waals surface area contributed by atoms with E-state index in [1.807, 2.05) is 19.2 Å². The van der Waals surface area contributed by atoms with E-state index in [1.54, 1.807) is 18.5 Å². The SMILES string of the molecule is Cc1nn(C(C)C)c(C)c1NC(=O)CNCC(F)(F)F. The third kappa shape index (κ3) is 4.52. The van der Waals surface area contributed by atoms with Gasteiger partial charge < -0.3 is 10.6 Å². The summed E-state index contributed by atoms with van der Waals surface area (Å²) in [6.07, 6.45) is -4.32. The zero-order valence-corrected chi connectivity index (χ0v) is 11.9. The summed E-state index contributed by atoms with van der Waals surface area (Å²) in [7, 11) is 0. The number of amides is 1. The van der Waals surface area contributed by atoms with Crippen molar-refractivity contribution in [2.75, 3.05) is 18.4 Å². The molecule has 0 aliphatic rings. The Hall–Kier alpha value is -1.57. The Labute approximate surface area is 115 Å². The molecule has 0 saturated carbocycles. The molecule has 114 valence electrons.